The van der Waals surface area contributed by atoms with Crippen molar-refractivity contribution < 1.29 is 59.8 Å². The van der Waals surface area contributed by atoms with Crippen LogP contribution < -0.4 is 9.47 Å². The van der Waals surface area contributed by atoms with Crippen LogP contribution in [0.4, 0.5) is 8.78 Å². The third kappa shape index (κ3) is 15.0. The van der Waals surface area contributed by atoms with E-state index in [-0.39, 0.29) is 55.9 Å². The zero-order chi connectivity index (χ0) is 48.9. The van der Waals surface area contributed by atoms with Gasteiger partial charge in [-0.2, -0.15) is 35.4 Å². The van der Waals surface area contributed by atoms with E-state index < -0.39 is 11.6 Å². The zero-order valence-corrected chi connectivity index (χ0v) is 42.7. The van der Waals surface area contributed by atoms with Gasteiger partial charge in [-0.1, -0.05) is 93.5 Å². The molecule has 0 saturated heterocycles. The second kappa shape index (κ2) is 25.0. The van der Waals surface area contributed by atoms with Crippen LogP contribution in [0.5, 0.6) is 23.0 Å². The molecule has 0 unspecified atom stereocenters. The molecular formula is C58H66F2O6Ti. The molecule has 0 spiro atoms. The third-order valence-corrected chi connectivity index (χ3v) is 11.1. The number of aromatic hydroxyl groups is 2. The number of aryl methyl sites for hydroxylation is 2. The Bertz CT molecular complexity index is 2380. The van der Waals surface area contributed by atoms with Gasteiger partial charge < -0.3 is 29.3 Å². The molecule has 0 saturated carbocycles. The SMILES string of the molecule is CCOc1c(-c2cc(C(C)(C)C)cc(CCc3cc(C(C)(C)C)cc(-c4cc(F)cc(C(C)C)c4OCC)c3O)c2O)cc(F)cc1C(C)C.O=[C-]c1ccccc1.O=[C-]c1ccccc1.[Ti+2]. The van der Waals surface area contributed by atoms with Crippen LogP contribution in [0, 0.1) is 11.6 Å². The summed E-state index contributed by atoms with van der Waals surface area (Å²) in [7, 11) is 0. The first-order chi connectivity index (χ1) is 31.1. The Morgan fingerprint density at radius 2 is 0.851 bits per heavy atom. The molecule has 6 aromatic carbocycles. The molecule has 0 amide bonds. The maximum Gasteiger partial charge on any atom is 2.00 e. The van der Waals surface area contributed by atoms with Crippen LogP contribution in [0.2, 0.25) is 0 Å². The molecule has 67 heavy (non-hydrogen) atoms. The molecular weight excluding hydrogens is 878 g/mol. The van der Waals surface area contributed by atoms with Gasteiger partial charge in [-0.25, -0.2) is 8.78 Å². The van der Waals surface area contributed by atoms with Gasteiger partial charge in [-0.3, -0.25) is 0 Å². The van der Waals surface area contributed by atoms with Crippen LogP contribution >= 0.6 is 0 Å². The van der Waals surface area contributed by atoms with E-state index in [2.05, 4.69) is 41.5 Å². The normalized spacial score (nSPS) is 11.2. The van der Waals surface area contributed by atoms with Crippen molar-refractivity contribution in [3.8, 4) is 45.3 Å². The Balaban J connectivity index is 0.000000585. The van der Waals surface area contributed by atoms with Crippen LogP contribution in [0.25, 0.3) is 22.3 Å². The fourth-order valence-corrected chi connectivity index (χ4v) is 7.43. The molecule has 352 valence electrons. The van der Waals surface area contributed by atoms with Crippen molar-refractivity contribution in [1.82, 2.24) is 0 Å². The van der Waals surface area contributed by atoms with Crippen LogP contribution in [-0.2, 0) is 55.0 Å². The predicted octanol–water partition coefficient (Wildman–Crippen LogP) is 14.4. The van der Waals surface area contributed by atoms with Crippen molar-refractivity contribution in [1.29, 1.82) is 0 Å². The molecule has 0 aliphatic carbocycles. The van der Waals surface area contributed by atoms with Gasteiger partial charge in [0.05, 0.1) is 25.8 Å². The number of ether oxygens (including phenoxy) is 2. The number of hydrogen-bond donors (Lipinski definition) is 2. The van der Waals surface area contributed by atoms with Gasteiger partial charge in [0.2, 0.25) is 0 Å². The number of phenols is 2. The van der Waals surface area contributed by atoms with Gasteiger partial charge in [-0.05, 0) is 108 Å². The Morgan fingerprint density at radius 1 is 0.522 bits per heavy atom. The average molecular weight is 945 g/mol. The molecule has 0 aliphatic heterocycles. The summed E-state index contributed by atoms with van der Waals surface area (Å²) < 4.78 is 42.5. The van der Waals surface area contributed by atoms with E-state index in [1.165, 1.54) is 24.3 Å². The van der Waals surface area contributed by atoms with Gasteiger partial charge in [0.1, 0.15) is 34.6 Å². The largest absolute Gasteiger partial charge is 2.00 e. The quantitative estimate of drug-likeness (QED) is 0.0885. The molecule has 0 aliphatic rings. The number of phenolic OH excluding ortho intramolecular Hbond substituents is 2. The number of benzene rings is 6. The van der Waals surface area contributed by atoms with E-state index in [9.17, 15) is 19.8 Å². The van der Waals surface area contributed by atoms with Crippen LogP contribution in [0.3, 0.4) is 0 Å². The standard InChI is InChI=1S/C44H56F2O4.2C7H5O.Ti/c1-13-49-41-33(25(3)4)21-31(45)23-37(41)35-19-29(43(7,8)9)17-27(39(35)47)15-16-28-18-30(44(10,11)12)20-36(40(28)48)38-24-32(46)22-34(26(5)6)42(38)50-14-2;2*8-6-7-4-2-1-3-5-7;/h17-26,47-48H,13-16H2,1-12H3;2*1-5H;/q;2*-1;+2. The molecule has 0 bridgehead atoms. The molecule has 0 fully saturated rings. The van der Waals surface area contributed by atoms with E-state index in [0.29, 0.717) is 82.1 Å². The molecule has 0 radical (unpaired) electrons. The Hall–Kier alpha value is -5.57. The smallest absolute Gasteiger partial charge is 0.507 e. The first-order valence-corrected chi connectivity index (χ1v) is 22.7. The molecule has 2 N–H and O–H groups in total. The maximum absolute atomic E-state index is 15.2. The topological polar surface area (TPSA) is 93.1 Å². The second-order valence-corrected chi connectivity index (χ2v) is 18.9. The van der Waals surface area contributed by atoms with Crippen LogP contribution in [-0.4, -0.2) is 36.0 Å². The molecule has 0 atom stereocenters. The molecule has 6 rings (SSSR count). The number of carbonyl (C=O) groups excluding carboxylic acids is 2. The first-order valence-electron chi connectivity index (χ1n) is 22.7. The van der Waals surface area contributed by atoms with Gasteiger partial charge >= 0.3 is 21.7 Å². The minimum Gasteiger partial charge on any atom is -0.507 e. The summed E-state index contributed by atoms with van der Waals surface area (Å²) in [6, 6.07) is 31.6. The zero-order valence-electron chi connectivity index (χ0n) is 41.2. The molecule has 6 aromatic rings. The summed E-state index contributed by atoms with van der Waals surface area (Å²) in [5.74, 6) is 0.458. The van der Waals surface area contributed by atoms with Crippen molar-refractivity contribution in [3.63, 3.8) is 0 Å². The Kier molecular flexibility index (Phi) is 20.8. The predicted molar refractivity (Wildman–Crippen MR) is 265 cm³/mol. The van der Waals surface area contributed by atoms with E-state index in [4.69, 9.17) is 9.47 Å². The minimum absolute atomic E-state index is 0. The fraction of sp³-hybridized carbons (Fsp3) is 0.345. The number of rotatable bonds is 13. The van der Waals surface area contributed by atoms with Crippen molar-refractivity contribution >= 4 is 12.6 Å². The summed E-state index contributed by atoms with van der Waals surface area (Å²) in [6.45, 7) is 25.2. The van der Waals surface area contributed by atoms with Crippen molar-refractivity contribution in [3.05, 3.63) is 165 Å². The van der Waals surface area contributed by atoms with E-state index >= 15 is 8.78 Å². The van der Waals surface area contributed by atoms with Crippen molar-refractivity contribution in [2.24, 2.45) is 0 Å². The molecule has 9 heteroatoms. The van der Waals surface area contributed by atoms with E-state index in [1.807, 2.05) is 77.9 Å². The van der Waals surface area contributed by atoms with Gasteiger partial charge in [0.15, 0.2) is 0 Å². The van der Waals surface area contributed by atoms with Crippen LogP contribution in [0.15, 0.2) is 109 Å². The van der Waals surface area contributed by atoms with Gasteiger partial charge in [0.25, 0.3) is 0 Å². The Labute approximate surface area is 412 Å². The summed E-state index contributed by atoms with van der Waals surface area (Å²) in [5.41, 5.74) is 7.48. The van der Waals surface area contributed by atoms with Gasteiger partial charge in [-0.15, -0.1) is 24.3 Å². The maximum atomic E-state index is 15.2. The first kappa shape index (κ1) is 55.8. The fourth-order valence-electron chi connectivity index (χ4n) is 7.43. The third-order valence-electron chi connectivity index (χ3n) is 11.1. The minimum atomic E-state index is -0.393. The van der Waals surface area contributed by atoms with Crippen molar-refractivity contribution in [2.45, 2.75) is 119 Å². The number of hydrogen-bond acceptors (Lipinski definition) is 6. The molecule has 6 nitrogen and oxygen atoms in total. The summed E-state index contributed by atoms with van der Waals surface area (Å²) in [5, 5.41) is 23.8. The summed E-state index contributed by atoms with van der Waals surface area (Å²) >= 11 is 0. The van der Waals surface area contributed by atoms with E-state index in [0.717, 1.165) is 22.3 Å². The summed E-state index contributed by atoms with van der Waals surface area (Å²) in [6.07, 6.45) is 4.33. The van der Waals surface area contributed by atoms with Crippen molar-refractivity contribution in [2.75, 3.05) is 13.2 Å². The summed E-state index contributed by atoms with van der Waals surface area (Å²) in [4.78, 5) is 19.8. The van der Waals surface area contributed by atoms with E-state index in [1.54, 1.807) is 61.1 Å². The monoisotopic (exact) mass is 944 g/mol. The van der Waals surface area contributed by atoms with Crippen LogP contribution in [0.1, 0.15) is 139 Å². The van der Waals surface area contributed by atoms with Gasteiger partial charge in [0, 0.05) is 33.4 Å². The molecule has 0 heterocycles. The molecule has 0 aromatic heterocycles. The number of halogens is 2. The average Bonchev–Trinajstić information content (AvgIpc) is 3.27. The second-order valence-electron chi connectivity index (χ2n) is 18.9. The Morgan fingerprint density at radius 3 is 1.10 bits per heavy atom.